The third-order valence-electron chi connectivity index (χ3n) is 4.67. The summed E-state index contributed by atoms with van der Waals surface area (Å²) in [6.07, 6.45) is 1.41. The highest BCUT2D eigenvalue weighted by Crippen LogP contribution is 2.31. The predicted octanol–water partition coefficient (Wildman–Crippen LogP) is 0.265. The SMILES string of the molecule is N#Cc1ncn(CC(=O)N2CCN(Cc3ccc4c(c3)OCCO4)CC2)n1. The van der Waals surface area contributed by atoms with Crippen LogP contribution in [0.3, 0.4) is 0 Å². The molecule has 9 heteroatoms. The first-order valence-corrected chi connectivity index (χ1v) is 8.89. The molecule has 140 valence electrons. The molecule has 0 bridgehead atoms. The van der Waals surface area contributed by atoms with Gasteiger partial charge in [-0.05, 0) is 17.7 Å². The minimum Gasteiger partial charge on any atom is -0.486 e. The van der Waals surface area contributed by atoms with Crippen LogP contribution in [0.15, 0.2) is 24.5 Å². The zero-order chi connectivity index (χ0) is 18.6. The van der Waals surface area contributed by atoms with Gasteiger partial charge < -0.3 is 14.4 Å². The van der Waals surface area contributed by atoms with E-state index in [1.54, 1.807) is 0 Å². The summed E-state index contributed by atoms with van der Waals surface area (Å²) in [6.45, 7) is 5.05. The number of hydrogen-bond acceptors (Lipinski definition) is 7. The molecule has 1 saturated heterocycles. The lowest BCUT2D eigenvalue weighted by Gasteiger charge is -2.34. The minimum absolute atomic E-state index is 0.0108. The van der Waals surface area contributed by atoms with Crippen LogP contribution < -0.4 is 9.47 Å². The first-order valence-electron chi connectivity index (χ1n) is 8.89. The van der Waals surface area contributed by atoms with Crippen LogP contribution in [0.4, 0.5) is 0 Å². The molecule has 2 aliphatic rings. The van der Waals surface area contributed by atoms with Gasteiger partial charge in [-0.2, -0.15) is 5.26 Å². The molecular weight excluding hydrogens is 348 g/mol. The van der Waals surface area contributed by atoms with Gasteiger partial charge in [0.2, 0.25) is 5.91 Å². The van der Waals surface area contributed by atoms with Crippen molar-refractivity contribution in [1.29, 1.82) is 5.26 Å². The van der Waals surface area contributed by atoms with Crippen molar-refractivity contribution in [2.45, 2.75) is 13.1 Å². The van der Waals surface area contributed by atoms with Crippen molar-refractivity contribution >= 4 is 5.91 Å². The Morgan fingerprint density at radius 2 is 1.93 bits per heavy atom. The Balaban J connectivity index is 1.28. The third kappa shape index (κ3) is 4.01. The van der Waals surface area contributed by atoms with E-state index in [9.17, 15) is 4.79 Å². The van der Waals surface area contributed by atoms with E-state index < -0.39 is 0 Å². The Labute approximate surface area is 156 Å². The van der Waals surface area contributed by atoms with Crippen molar-refractivity contribution < 1.29 is 14.3 Å². The maximum atomic E-state index is 12.4. The first-order chi connectivity index (χ1) is 13.2. The minimum atomic E-state index is -0.0108. The van der Waals surface area contributed by atoms with Gasteiger partial charge in [-0.15, -0.1) is 5.10 Å². The number of aromatic nitrogens is 3. The summed E-state index contributed by atoms with van der Waals surface area (Å²) in [6, 6.07) is 7.90. The second-order valence-electron chi connectivity index (χ2n) is 6.51. The Bertz CT molecular complexity index is 866. The molecule has 1 aromatic heterocycles. The third-order valence-corrected chi connectivity index (χ3v) is 4.67. The maximum Gasteiger partial charge on any atom is 0.252 e. The number of nitrogens with zero attached hydrogens (tertiary/aromatic N) is 6. The zero-order valence-corrected chi connectivity index (χ0v) is 14.9. The van der Waals surface area contributed by atoms with Crippen molar-refractivity contribution in [1.82, 2.24) is 24.6 Å². The standard InChI is InChI=1S/C18H20N6O3/c19-10-17-20-13-24(21-17)12-18(25)23-5-3-22(4-6-23)11-14-1-2-15-16(9-14)27-8-7-26-15/h1-2,9,13H,3-8,11-12H2. The number of carbonyl (C=O) groups excluding carboxylic acids is 1. The second-order valence-corrected chi connectivity index (χ2v) is 6.51. The van der Waals surface area contributed by atoms with E-state index in [-0.39, 0.29) is 18.3 Å². The molecule has 0 N–H and O–H groups in total. The number of piperazine rings is 1. The molecule has 0 radical (unpaired) electrons. The van der Waals surface area contributed by atoms with Crippen LogP contribution in [0.1, 0.15) is 11.4 Å². The fourth-order valence-electron chi connectivity index (χ4n) is 3.26. The predicted molar refractivity (Wildman–Crippen MR) is 94.0 cm³/mol. The summed E-state index contributed by atoms with van der Waals surface area (Å²) in [5.74, 6) is 1.67. The van der Waals surface area contributed by atoms with E-state index in [0.717, 1.165) is 31.1 Å². The highest BCUT2D eigenvalue weighted by Gasteiger charge is 2.22. The number of amides is 1. The van der Waals surface area contributed by atoms with E-state index >= 15 is 0 Å². The van der Waals surface area contributed by atoms with Gasteiger partial charge in [-0.3, -0.25) is 9.69 Å². The Morgan fingerprint density at radius 3 is 2.67 bits per heavy atom. The molecular formula is C18H20N6O3. The molecule has 0 unspecified atom stereocenters. The van der Waals surface area contributed by atoms with Crippen LogP contribution >= 0.6 is 0 Å². The topological polar surface area (TPSA) is 96.5 Å². The van der Waals surface area contributed by atoms with Gasteiger partial charge in [0.15, 0.2) is 11.5 Å². The molecule has 9 nitrogen and oxygen atoms in total. The van der Waals surface area contributed by atoms with Gasteiger partial charge in [-0.1, -0.05) is 6.07 Å². The van der Waals surface area contributed by atoms with Crippen molar-refractivity contribution in [3.63, 3.8) is 0 Å². The molecule has 2 aromatic rings. The number of hydrogen-bond donors (Lipinski definition) is 0. The normalized spacial score (nSPS) is 16.8. The number of fused-ring (bicyclic) bond motifs is 1. The van der Waals surface area contributed by atoms with Crippen molar-refractivity contribution in [2.24, 2.45) is 0 Å². The molecule has 1 amide bonds. The van der Waals surface area contributed by atoms with Crippen LogP contribution in [0.2, 0.25) is 0 Å². The average molecular weight is 368 g/mol. The lowest BCUT2D eigenvalue weighted by Crippen LogP contribution is -2.49. The van der Waals surface area contributed by atoms with E-state index in [1.165, 1.54) is 16.6 Å². The van der Waals surface area contributed by atoms with Gasteiger partial charge in [0.05, 0.1) is 0 Å². The van der Waals surface area contributed by atoms with Crippen LogP contribution in [0, 0.1) is 11.3 Å². The summed E-state index contributed by atoms with van der Waals surface area (Å²) >= 11 is 0. The summed E-state index contributed by atoms with van der Waals surface area (Å²) < 4.78 is 12.6. The molecule has 0 aliphatic carbocycles. The summed E-state index contributed by atoms with van der Waals surface area (Å²) in [7, 11) is 0. The molecule has 1 aromatic carbocycles. The quantitative estimate of drug-likeness (QED) is 0.764. The molecule has 2 aliphatic heterocycles. The van der Waals surface area contributed by atoms with Crippen LogP contribution in [0.25, 0.3) is 0 Å². The number of benzene rings is 1. The molecule has 0 atom stereocenters. The largest absolute Gasteiger partial charge is 0.486 e. The van der Waals surface area contributed by atoms with Gasteiger partial charge >= 0.3 is 0 Å². The second kappa shape index (κ2) is 7.63. The molecule has 27 heavy (non-hydrogen) atoms. The number of nitriles is 1. The van der Waals surface area contributed by atoms with Gasteiger partial charge in [0.25, 0.3) is 5.82 Å². The lowest BCUT2D eigenvalue weighted by molar-refractivity contribution is -0.133. The molecule has 3 heterocycles. The van der Waals surface area contributed by atoms with Crippen LogP contribution in [-0.2, 0) is 17.9 Å². The molecule has 0 spiro atoms. The van der Waals surface area contributed by atoms with Gasteiger partial charge in [0, 0.05) is 32.7 Å². The van der Waals surface area contributed by atoms with Crippen molar-refractivity contribution in [2.75, 3.05) is 39.4 Å². The monoisotopic (exact) mass is 368 g/mol. The summed E-state index contributed by atoms with van der Waals surface area (Å²) in [4.78, 5) is 20.4. The Kier molecular flexibility index (Phi) is 4.89. The van der Waals surface area contributed by atoms with E-state index in [4.69, 9.17) is 14.7 Å². The number of ether oxygens (including phenoxy) is 2. The van der Waals surface area contributed by atoms with Crippen molar-refractivity contribution in [3.05, 3.63) is 35.9 Å². The summed E-state index contributed by atoms with van der Waals surface area (Å²) in [5.41, 5.74) is 1.17. The van der Waals surface area contributed by atoms with E-state index in [1.807, 2.05) is 23.1 Å². The lowest BCUT2D eigenvalue weighted by atomic mass is 10.1. The van der Waals surface area contributed by atoms with Gasteiger partial charge in [-0.25, -0.2) is 9.67 Å². The number of carbonyl (C=O) groups is 1. The maximum absolute atomic E-state index is 12.4. The van der Waals surface area contributed by atoms with Crippen molar-refractivity contribution in [3.8, 4) is 17.6 Å². The highest BCUT2D eigenvalue weighted by atomic mass is 16.6. The van der Waals surface area contributed by atoms with E-state index in [0.29, 0.717) is 26.3 Å². The fraction of sp³-hybridized carbons (Fsp3) is 0.444. The average Bonchev–Trinajstić information content (AvgIpc) is 3.16. The molecule has 0 saturated carbocycles. The Morgan fingerprint density at radius 1 is 1.15 bits per heavy atom. The van der Waals surface area contributed by atoms with Gasteiger partial charge in [0.1, 0.15) is 32.2 Å². The molecule has 1 fully saturated rings. The summed E-state index contributed by atoms with van der Waals surface area (Å²) in [5, 5.41) is 12.7. The first kappa shape index (κ1) is 17.3. The highest BCUT2D eigenvalue weighted by molar-refractivity contribution is 5.76. The van der Waals surface area contributed by atoms with Crippen LogP contribution in [-0.4, -0.2) is 69.9 Å². The van der Waals surface area contributed by atoms with Crippen LogP contribution in [0.5, 0.6) is 11.5 Å². The fourth-order valence-corrected chi connectivity index (χ4v) is 3.26. The zero-order valence-electron chi connectivity index (χ0n) is 14.9. The Hall–Kier alpha value is -3.12. The number of rotatable bonds is 4. The molecule has 4 rings (SSSR count). The smallest absolute Gasteiger partial charge is 0.252 e. The van der Waals surface area contributed by atoms with E-state index in [2.05, 4.69) is 21.0 Å².